The van der Waals surface area contributed by atoms with E-state index in [-0.39, 0.29) is 42.2 Å². The first-order valence-electron chi connectivity index (χ1n) is 12.0. The molecule has 11 heteroatoms. The van der Waals surface area contributed by atoms with Crippen LogP contribution in [0.5, 0.6) is 11.5 Å². The van der Waals surface area contributed by atoms with Crippen LogP contribution in [0.1, 0.15) is 37.2 Å². The van der Waals surface area contributed by atoms with Crippen LogP contribution in [-0.4, -0.2) is 59.5 Å². The lowest BCUT2D eigenvalue weighted by Gasteiger charge is -2.30. The number of benzene rings is 2. The lowest BCUT2D eigenvalue weighted by Crippen LogP contribution is -2.51. The van der Waals surface area contributed by atoms with Crippen LogP contribution < -0.4 is 10.1 Å². The van der Waals surface area contributed by atoms with E-state index < -0.39 is 35.9 Å². The first-order valence-corrected chi connectivity index (χ1v) is 12.3. The van der Waals surface area contributed by atoms with Crippen molar-refractivity contribution in [3.8, 4) is 11.5 Å². The summed E-state index contributed by atoms with van der Waals surface area (Å²) in [4.78, 5) is 14.4. The van der Waals surface area contributed by atoms with Crippen LogP contribution in [0.2, 0.25) is 5.02 Å². The van der Waals surface area contributed by atoms with Crippen LogP contribution in [0.15, 0.2) is 46.9 Å². The highest BCUT2D eigenvalue weighted by atomic mass is 35.5. The Morgan fingerprint density at radius 1 is 1.30 bits per heavy atom. The molecule has 0 spiro atoms. The number of carbonyl (C=O) groups excluding carboxylic acids is 1. The summed E-state index contributed by atoms with van der Waals surface area (Å²) in [6, 6.07) is 8.29. The second-order valence-electron chi connectivity index (χ2n) is 9.11. The number of aliphatic hydroxyl groups excluding tert-OH is 1. The number of aromatic hydroxyl groups is 1. The predicted octanol–water partition coefficient (Wildman–Crippen LogP) is 4.93. The average molecular weight is 541 g/mol. The number of nitrogens with one attached hydrogen (secondary N) is 1. The van der Waals surface area contributed by atoms with Gasteiger partial charge in [0.05, 0.1) is 12.6 Å². The van der Waals surface area contributed by atoms with Gasteiger partial charge in [0, 0.05) is 30.0 Å². The molecular formula is C26H28ClF3N2O5. The van der Waals surface area contributed by atoms with Crippen molar-refractivity contribution >= 4 is 28.5 Å². The number of amides is 1. The van der Waals surface area contributed by atoms with E-state index in [2.05, 4.69) is 5.32 Å². The van der Waals surface area contributed by atoms with Crippen LogP contribution in [0, 0.1) is 0 Å². The fourth-order valence-electron chi connectivity index (χ4n) is 4.28. The number of hydrogen-bond donors (Lipinski definition) is 3. The minimum Gasteiger partial charge on any atom is -0.504 e. The standard InChI is InChI=1S/C26H28ClF3N2O5/c1-2-9-36-22-5-3-15(11-20(22)33)24(34)19(14-32-8-7-18(28)13-32)31-25(35)26(29,30)23-12-16-10-17(27)4-6-21(16)37-23/h3-6,10-12,18-19,24,33-34H,2,7-9,13-14H2,1H3,(H,31,35)/t18-,19+,24?/m0/s1. The summed E-state index contributed by atoms with van der Waals surface area (Å²) in [6.07, 6.45) is -1.59. The molecule has 7 nitrogen and oxygen atoms in total. The predicted molar refractivity (Wildman–Crippen MR) is 132 cm³/mol. The van der Waals surface area contributed by atoms with Crippen molar-refractivity contribution in [3.63, 3.8) is 0 Å². The maximum Gasteiger partial charge on any atom is 0.380 e. The van der Waals surface area contributed by atoms with Gasteiger partial charge in [-0.05, 0) is 54.8 Å². The highest BCUT2D eigenvalue weighted by Gasteiger charge is 2.46. The zero-order valence-corrected chi connectivity index (χ0v) is 20.9. The molecule has 1 aromatic heterocycles. The third-order valence-electron chi connectivity index (χ3n) is 6.23. The van der Waals surface area contributed by atoms with Gasteiger partial charge in [-0.1, -0.05) is 24.6 Å². The quantitative estimate of drug-likeness (QED) is 0.337. The van der Waals surface area contributed by atoms with Crippen molar-refractivity contribution in [1.29, 1.82) is 0 Å². The summed E-state index contributed by atoms with van der Waals surface area (Å²) >= 11 is 5.91. The number of rotatable bonds is 10. The molecule has 2 aromatic carbocycles. The van der Waals surface area contributed by atoms with Gasteiger partial charge in [0.15, 0.2) is 17.3 Å². The molecule has 37 heavy (non-hydrogen) atoms. The van der Waals surface area contributed by atoms with Crippen LogP contribution in [0.3, 0.4) is 0 Å². The fraction of sp³-hybridized carbons (Fsp3) is 0.423. The second-order valence-corrected chi connectivity index (χ2v) is 9.55. The summed E-state index contributed by atoms with van der Waals surface area (Å²) in [5.74, 6) is -6.68. The van der Waals surface area contributed by atoms with Crippen LogP contribution >= 0.6 is 11.6 Å². The minimum atomic E-state index is -4.07. The van der Waals surface area contributed by atoms with E-state index >= 15 is 8.78 Å². The van der Waals surface area contributed by atoms with E-state index in [1.165, 1.54) is 36.4 Å². The number of phenols is 1. The second kappa shape index (κ2) is 11.2. The molecule has 200 valence electrons. The Morgan fingerprint density at radius 2 is 2.08 bits per heavy atom. The Labute approximate surface area is 216 Å². The molecule has 1 aliphatic rings. The maximum atomic E-state index is 15.2. The largest absolute Gasteiger partial charge is 0.504 e. The number of ether oxygens (including phenoxy) is 1. The Morgan fingerprint density at radius 3 is 2.76 bits per heavy atom. The first-order chi connectivity index (χ1) is 17.6. The number of carbonyl (C=O) groups is 1. The Hall–Kier alpha value is -2.95. The van der Waals surface area contributed by atoms with Gasteiger partial charge in [-0.3, -0.25) is 9.69 Å². The smallest absolute Gasteiger partial charge is 0.380 e. The van der Waals surface area contributed by atoms with Crippen molar-refractivity contribution in [2.24, 2.45) is 0 Å². The van der Waals surface area contributed by atoms with Crippen molar-refractivity contribution in [1.82, 2.24) is 10.2 Å². The van der Waals surface area contributed by atoms with Crippen LogP contribution in [0.25, 0.3) is 11.0 Å². The zero-order chi connectivity index (χ0) is 26.7. The number of aliphatic hydroxyl groups is 1. The van der Waals surface area contributed by atoms with Gasteiger partial charge in [-0.15, -0.1) is 0 Å². The molecule has 0 saturated carbocycles. The van der Waals surface area contributed by atoms with Crippen molar-refractivity contribution in [2.45, 2.75) is 44.0 Å². The number of furan rings is 1. The summed E-state index contributed by atoms with van der Waals surface area (Å²) < 4.78 is 54.7. The van der Waals surface area contributed by atoms with Gasteiger partial charge >= 0.3 is 5.92 Å². The van der Waals surface area contributed by atoms with E-state index in [9.17, 15) is 19.4 Å². The summed E-state index contributed by atoms with van der Waals surface area (Å²) in [5, 5.41) is 24.2. The highest BCUT2D eigenvalue weighted by Crippen LogP contribution is 2.35. The molecule has 0 bridgehead atoms. The molecule has 3 aromatic rings. The van der Waals surface area contributed by atoms with E-state index in [4.69, 9.17) is 20.8 Å². The molecule has 0 aliphatic carbocycles. The Balaban J connectivity index is 1.57. The number of likely N-dealkylation sites (tertiary alicyclic amines) is 1. The van der Waals surface area contributed by atoms with E-state index in [1.54, 1.807) is 4.90 Å². The van der Waals surface area contributed by atoms with Crippen LogP contribution in [-0.2, 0) is 10.7 Å². The topological polar surface area (TPSA) is 95.2 Å². The third-order valence-corrected chi connectivity index (χ3v) is 6.46. The summed E-state index contributed by atoms with van der Waals surface area (Å²) in [5.41, 5.74) is 0.305. The van der Waals surface area contributed by atoms with Gasteiger partial charge in [-0.2, -0.15) is 8.78 Å². The van der Waals surface area contributed by atoms with Gasteiger partial charge in [0.1, 0.15) is 17.9 Å². The average Bonchev–Trinajstić information content (AvgIpc) is 3.48. The number of halogens is 4. The molecule has 1 unspecified atom stereocenters. The normalized spacial score (nSPS) is 18.2. The van der Waals surface area contributed by atoms with Crippen LogP contribution in [0.4, 0.5) is 13.2 Å². The molecule has 3 N–H and O–H groups in total. The van der Waals surface area contributed by atoms with Crippen molar-refractivity contribution in [2.75, 3.05) is 26.2 Å². The highest BCUT2D eigenvalue weighted by molar-refractivity contribution is 6.31. The molecule has 3 atom stereocenters. The molecule has 2 heterocycles. The monoisotopic (exact) mass is 540 g/mol. The Bertz CT molecular complexity index is 1250. The number of hydrogen-bond acceptors (Lipinski definition) is 6. The third kappa shape index (κ3) is 6.14. The van der Waals surface area contributed by atoms with Crippen molar-refractivity contribution < 1.29 is 37.3 Å². The number of nitrogens with zero attached hydrogens (tertiary/aromatic N) is 1. The summed E-state index contributed by atoms with van der Waals surface area (Å²) in [7, 11) is 0. The number of alkyl halides is 3. The molecule has 4 rings (SSSR count). The van der Waals surface area contributed by atoms with Gasteiger partial charge in [0.2, 0.25) is 0 Å². The molecule has 1 aliphatic heterocycles. The van der Waals surface area contributed by atoms with Gasteiger partial charge in [-0.25, -0.2) is 4.39 Å². The molecule has 0 radical (unpaired) electrons. The van der Waals surface area contributed by atoms with Crippen molar-refractivity contribution in [3.05, 3.63) is 58.8 Å². The lowest BCUT2D eigenvalue weighted by molar-refractivity contribution is -0.151. The molecular weight excluding hydrogens is 513 g/mol. The minimum absolute atomic E-state index is 0.0505. The molecule has 1 amide bonds. The molecule has 1 saturated heterocycles. The van der Waals surface area contributed by atoms with Gasteiger partial charge < -0.3 is 24.7 Å². The SMILES string of the molecule is CCCOc1ccc(C(O)[C@@H](CN2CC[C@H](F)C2)NC(=O)C(F)(F)c2cc3cc(Cl)ccc3o2)cc1O. The number of phenolic OH excluding ortho intramolecular Hbond substituents is 1. The molecule has 1 fully saturated rings. The van der Waals surface area contributed by atoms with Gasteiger partial charge in [0.25, 0.3) is 5.91 Å². The van der Waals surface area contributed by atoms with E-state index in [1.807, 2.05) is 6.92 Å². The fourth-order valence-corrected chi connectivity index (χ4v) is 4.46. The maximum absolute atomic E-state index is 15.2. The lowest BCUT2D eigenvalue weighted by atomic mass is 10.0. The van der Waals surface area contributed by atoms with E-state index in [0.717, 1.165) is 12.5 Å². The van der Waals surface area contributed by atoms with E-state index in [0.29, 0.717) is 23.6 Å². The Kier molecular flexibility index (Phi) is 8.20. The first kappa shape index (κ1) is 27.1. The summed E-state index contributed by atoms with van der Waals surface area (Å²) in [6.45, 7) is 2.58. The zero-order valence-electron chi connectivity index (χ0n) is 20.1. The number of fused-ring (bicyclic) bond motifs is 1.